The van der Waals surface area contributed by atoms with Crippen molar-refractivity contribution in [3.63, 3.8) is 0 Å². The number of aromatic nitrogens is 2. The van der Waals surface area contributed by atoms with E-state index < -0.39 is 0 Å². The summed E-state index contributed by atoms with van der Waals surface area (Å²) in [6.45, 7) is 5.56. The topological polar surface area (TPSA) is 49.3 Å². The fraction of sp³-hybridized carbons (Fsp3) is 0.450. The summed E-state index contributed by atoms with van der Waals surface area (Å²) >= 11 is 1.64. The second kappa shape index (κ2) is 7.13. The molecule has 4 rings (SSSR count). The average Bonchev–Trinajstić information content (AvgIpc) is 3.02. The van der Waals surface area contributed by atoms with E-state index in [9.17, 15) is 4.79 Å². The highest BCUT2D eigenvalue weighted by Gasteiger charge is 2.33. The molecule has 1 amide bonds. The van der Waals surface area contributed by atoms with Gasteiger partial charge in [-0.3, -0.25) is 9.28 Å². The maximum absolute atomic E-state index is 13.1. The molecule has 3 aliphatic heterocycles. The quantitative estimate of drug-likeness (QED) is 0.592. The molecular formula is C20H26N5OS+. The van der Waals surface area contributed by atoms with Crippen LogP contribution < -0.4 is 9.38 Å². The monoisotopic (exact) mass is 384 g/mol. The molecule has 0 spiro atoms. The van der Waals surface area contributed by atoms with Crippen molar-refractivity contribution in [1.29, 1.82) is 0 Å². The third kappa shape index (κ3) is 3.30. The van der Waals surface area contributed by atoms with Gasteiger partial charge in [-0.1, -0.05) is 6.08 Å². The Bertz CT molecular complexity index is 832. The van der Waals surface area contributed by atoms with Gasteiger partial charge in [0.25, 0.3) is 5.91 Å². The maximum atomic E-state index is 13.1. The van der Waals surface area contributed by atoms with Crippen LogP contribution in [0.3, 0.4) is 0 Å². The van der Waals surface area contributed by atoms with Gasteiger partial charge in [-0.05, 0) is 19.3 Å². The lowest BCUT2D eigenvalue weighted by Gasteiger charge is -2.35. The lowest BCUT2D eigenvalue weighted by Crippen LogP contribution is -2.43. The Labute approximate surface area is 164 Å². The number of hydrogen-bond donors (Lipinski definition) is 0. The molecule has 0 aromatic carbocycles. The molecule has 3 aliphatic rings. The highest BCUT2D eigenvalue weighted by Crippen LogP contribution is 2.37. The fourth-order valence-electron chi connectivity index (χ4n) is 3.92. The summed E-state index contributed by atoms with van der Waals surface area (Å²) in [6, 6.07) is 0.146. The number of nitrogens with zero attached hydrogens (tertiary/aromatic N) is 5. The summed E-state index contributed by atoms with van der Waals surface area (Å²) in [5.74, 6) is 2.85. The molecule has 1 saturated heterocycles. The lowest BCUT2D eigenvalue weighted by atomic mass is 10.0. The highest BCUT2D eigenvalue weighted by molar-refractivity contribution is 8.04. The van der Waals surface area contributed by atoms with Gasteiger partial charge in [0.15, 0.2) is 0 Å². The molecule has 4 heterocycles. The van der Waals surface area contributed by atoms with Crippen LogP contribution in [-0.4, -0.2) is 59.8 Å². The molecular weight excluding hydrogens is 358 g/mol. The van der Waals surface area contributed by atoms with Crippen molar-refractivity contribution in [1.82, 2.24) is 19.4 Å². The first-order chi connectivity index (χ1) is 13.0. The molecule has 142 valence electrons. The first-order valence-electron chi connectivity index (χ1n) is 9.44. The molecule has 1 aromatic rings. The number of rotatable bonds is 3. The number of anilines is 1. The average molecular weight is 385 g/mol. The summed E-state index contributed by atoms with van der Waals surface area (Å²) in [6.07, 6.45) is 12.9. The number of amides is 1. The van der Waals surface area contributed by atoms with Gasteiger partial charge >= 0.3 is 0 Å². The maximum Gasteiger partial charge on any atom is 0.262 e. The van der Waals surface area contributed by atoms with Crippen molar-refractivity contribution < 1.29 is 4.79 Å². The lowest BCUT2D eigenvalue weighted by molar-refractivity contribution is -0.128. The van der Waals surface area contributed by atoms with Crippen LogP contribution in [0.4, 0.5) is 11.6 Å². The smallest absolute Gasteiger partial charge is 0.262 e. The number of hydrogen-bond acceptors (Lipinski definition) is 5. The number of piperidine rings is 1. The van der Waals surface area contributed by atoms with Crippen LogP contribution in [0.1, 0.15) is 24.8 Å². The van der Waals surface area contributed by atoms with Gasteiger partial charge in [-0.25, -0.2) is 4.98 Å². The third-order valence-electron chi connectivity index (χ3n) is 5.43. The Morgan fingerprint density at radius 1 is 1.33 bits per heavy atom. The Balaban J connectivity index is 1.63. The molecule has 1 fully saturated rings. The van der Waals surface area contributed by atoms with E-state index in [2.05, 4.69) is 47.8 Å². The molecule has 0 radical (unpaired) electrons. The van der Waals surface area contributed by atoms with Crippen LogP contribution in [0.25, 0.3) is 6.08 Å². The van der Waals surface area contributed by atoms with Crippen molar-refractivity contribution >= 4 is 35.4 Å². The van der Waals surface area contributed by atoms with Gasteiger partial charge in [0.1, 0.15) is 23.9 Å². The minimum absolute atomic E-state index is 0.117. The molecule has 1 aromatic heterocycles. The Morgan fingerprint density at radius 2 is 2.19 bits per heavy atom. The molecule has 7 heteroatoms. The highest BCUT2D eigenvalue weighted by atomic mass is 32.2. The zero-order valence-corrected chi connectivity index (χ0v) is 16.8. The predicted octanol–water partition coefficient (Wildman–Crippen LogP) is 2.99. The van der Waals surface area contributed by atoms with Crippen LogP contribution in [0.15, 0.2) is 36.3 Å². The van der Waals surface area contributed by atoms with E-state index >= 15 is 0 Å². The minimum Gasteiger partial charge on any atom is -0.332 e. The van der Waals surface area contributed by atoms with Crippen LogP contribution in [0.2, 0.25) is 0 Å². The summed E-state index contributed by atoms with van der Waals surface area (Å²) in [5.41, 5.74) is 1.04. The summed E-state index contributed by atoms with van der Waals surface area (Å²) in [5, 5.41) is 0. The zero-order chi connectivity index (χ0) is 19.0. The molecule has 0 bridgehead atoms. The van der Waals surface area contributed by atoms with E-state index in [-0.39, 0.29) is 11.9 Å². The van der Waals surface area contributed by atoms with E-state index in [0.29, 0.717) is 4.48 Å². The number of carbonyl (C=O) groups is 1. The van der Waals surface area contributed by atoms with Crippen LogP contribution >= 0.6 is 11.8 Å². The van der Waals surface area contributed by atoms with E-state index in [4.69, 9.17) is 0 Å². The standard InChI is InChI=1S/C20H26N5OS/c1-4-15-7-5-6-9-24(15)20(26)17-13-23(10-12-27-17)18-16-8-11-25(2,3)19(16)22-14-21-18/h4,8,11,13-15H,1,5-7,9-10,12H2,2-3H3/q+1/t15-/m1/s1. The van der Waals surface area contributed by atoms with Crippen molar-refractivity contribution in [2.75, 3.05) is 37.8 Å². The van der Waals surface area contributed by atoms with Crippen molar-refractivity contribution in [3.05, 3.63) is 41.9 Å². The summed E-state index contributed by atoms with van der Waals surface area (Å²) in [7, 11) is 4.20. The molecule has 0 unspecified atom stereocenters. The second-order valence-corrected chi connectivity index (χ2v) is 8.76. The van der Waals surface area contributed by atoms with Crippen LogP contribution in [0, 0.1) is 0 Å². The van der Waals surface area contributed by atoms with Gasteiger partial charge in [-0.2, -0.15) is 4.98 Å². The van der Waals surface area contributed by atoms with E-state index in [1.807, 2.05) is 17.2 Å². The molecule has 6 nitrogen and oxygen atoms in total. The number of carbonyl (C=O) groups excluding carboxylic acids is 1. The van der Waals surface area contributed by atoms with Gasteiger partial charge in [0.05, 0.1) is 25.0 Å². The predicted molar refractivity (Wildman–Crippen MR) is 112 cm³/mol. The fourth-order valence-corrected chi connectivity index (χ4v) is 4.87. The summed E-state index contributed by atoms with van der Waals surface area (Å²) in [4.78, 5) is 27.0. The second-order valence-electron chi connectivity index (χ2n) is 7.62. The van der Waals surface area contributed by atoms with Gasteiger partial charge in [0, 0.05) is 31.1 Å². The number of quaternary nitrogens is 1. The molecule has 0 N–H and O–H groups in total. The first kappa shape index (κ1) is 18.3. The van der Waals surface area contributed by atoms with Gasteiger partial charge in [0.2, 0.25) is 5.82 Å². The molecule has 0 aliphatic carbocycles. The van der Waals surface area contributed by atoms with Crippen molar-refractivity contribution in [2.24, 2.45) is 0 Å². The van der Waals surface area contributed by atoms with Crippen molar-refractivity contribution in [3.8, 4) is 0 Å². The third-order valence-corrected chi connectivity index (χ3v) is 6.41. The Kier molecular flexibility index (Phi) is 4.82. The summed E-state index contributed by atoms with van der Waals surface area (Å²) < 4.78 is 0.609. The van der Waals surface area contributed by atoms with E-state index in [0.717, 1.165) is 60.2 Å². The van der Waals surface area contributed by atoms with E-state index in [1.165, 1.54) is 0 Å². The normalized spacial score (nSPS) is 23.8. The Morgan fingerprint density at radius 3 is 3.00 bits per heavy atom. The molecule has 27 heavy (non-hydrogen) atoms. The van der Waals surface area contributed by atoms with Gasteiger partial charge < -0.3 is 9.80 Å². The van der Waals surface area contributed by atoms with Crippen LogP contribution in [-0.2, 0) is 4.79 Å². The van der Waals surface area contributed by atoms with Crippen LogP contribution in [0.5, 0.6) is 0 Å². The molecule has 0 saturated carbocycles. The SMILES string of the molecule is C=C[C@@H]1CCCCN1C(=O)C1=CN(c2ncnc3c2C=C[N+]3(C)C)CCS1. The number of likely N-dealkylation sites (tertiary alicyclic amines) is 1. The first-order valence-corrected chi connectivity index (χ1v) is 10.4. The number of thioether (sulfide) groups is 1. The van der Waals surface area contributed by atoms with E-state index in [1.54, 1.807) is 18.1 Å². The zero-order valence-electron chi connectivity index (χ0n) is 16.0. The van der Waals surface area contributed by atoms with Crippen molar-refractivity contribution in [2.45, 2.75) is 25.3 Å². The number of fused-ring (bicyclic) bond motifs is 1. The minimum atomic E-state index is 0.117. The van der Waals surface area contributed by atoms with Gasteiger partial charge in [-0.15, -0.1) is 18.3 Å². The molecule has 1 atom stereocenters. The largest absolute Gasteiger partial charge is 0.332 e. The Hall–Kier alpha value is -2.12.